The van der Waals surface area contributed by atoms with E-state index in [1.54, 1.807) is 0 Å². The Balaban J connectivity index is 0.00000196. The number of nitrogens with zero attached hydrogens (tertiary/aromatic N) is 3. The van der Waals surface area contributed by atoms with Gasteiger partial charge in [-0.25, -0.2) is 9.78 Å². The summed E-state index contributed by atoms with van der Waals surface area (Å²) < 4.78 is 0. The number of hydrogen-bond acceptors (Lipinski definition) is 9. The number of oxime groups is 1. The summed E-state index contributed by atoms with van der Waals surface area (Å²) in [4.78, 5) is 45.9. The van der Waals surface area contributed by atoms with Gasteiger partial charge in [-0.2, -0.15) is 0 Å². The average molecular weight is 442 g/mol. The molecule has 0 aromatic carbocycles. The molecule has 0 bridgehead atoms. The number of carboxylic acids is 1. The van der Waals surface area contributed by atoms with E-state index >= 15 is 0 Å². The number of fused-ring (bicyclic) bond motifs is 1. The Morgan fingerprint density at radius 3 is 2.85 bits per heavy atom. The molecule has 27 heavy (non-hydrogen) atoms. The van der Waals surface area contributed by atoms with Crippen molar-refractivity contribution in [1.29, 1.82) is 0 Å². The number of amides is 2. The van der Waals surface area contributed by atoms with Gasteiger partial charge in [0.1, 0.15) is 29.9 Å². The number of β-lactam (4-membered cyclic amide) rings is 1. The molecule has 1 unspecified atom stereocenters. The molecule has 1 fully saturated rings. The standard InChI is InChI=1S/C13H12ClN5O5S2.Na.H/c1-24-18-6(5-3-26-13(15)16-5)9(20)17-7-10(21)19-8(12(22)23)4(14)2-25-11(7)19;;/h3,7,11H,2H2,1H3,(H2,15,16)(H,17,20)(H,22,23);;/q;+1;-1/b18-6-;;/t7?,11-;;/m1../s1. The van der Waals surface area contributed by atoms with Crippen LogP contribution in [0.5, 0.6) is 0 Å². The van der Waals surface area contributed by atoms with E-state index in [2.05, 4.69) is 20.3 Å². The molecule has 0 radical (unpaired) electrons. The average Bonchev–Trinajstić information content (AvgIpc) is 3.02. The van der Waals surface area contributed by atoms with Crippen LogP contribution < -0.4 is 40.6 Å². The molecular weight excluding hydrogens is 429 g/mol. The van der Waals surface area contributed by atoms with Crippen LogP contribution in [0.3, 0.4) is 0 Å². The van der Waals surface area contributed by atoms with Gasteiger partial charge in [-0.15, -0.1) is 23.1 Å². The van der Waals surface area contributed by atoms with Gasteiger partial charge in [0.15, 0.2) is 10.8 Å². The Bertz CT molecular complexity index is 866. The first-order valence-corrected chi connectivity index (χ1v) is 9.35. The predicted molar refractivity (Wildman–Crippen MR) is 96.7 cm³/mol. The number of rotatable bonds is 5. The number of carboxylic acid groups (broad SMARTS) is 1. The molecule has 14 heteroatoms. The zero-order chi connectivity index (χ0) is 19.0. The number of carbonyl (C=O) groups is 3. The molecule has 4 N–H and O–H groups in total. The van der Waals surface area contributed by atoms with Crippen LogP contribution in [0.25, 0.3) is 0 Å². The maximum atomic E-state index is 12.5. The van der Waals surface area contributed by atoms with E-state index in [-0.39, 0.29) is 64.0 Å². The SMILES string of the molecule is CO/N=C(\C(=O)NC1C(=O)N2C(C(=O)O)=C(Cl)CS[C@H]12)c1csc(N)n1.[H-].[Na+]. The molecule has 140 valence electrons. The number of anilines is 1. The summed E-state index contributed by atoms with van der Waals surface area (Å²) in [5, 5.41) is 16.7. The summed E-state index contributed by atoms with van der Waals surface area (Å²) in [6, 6.07) is -0.912. The molecule has 2 atom stereocenters. The Hall–Kier alpha value is -1.31. The van der Waals surface area contributed by atoms with Gasteiger partial charge in [-0.05, 0) is 0 Å². The summed E-state index contributed by atoms with van der Waals surface area (Å²) in [6.45, 7) is 0. The van der Waals surface area contributed by atoms with Crippen molar-refractivity contribution >= 4 is 63.3 Å². The Labute approximate surface area is 189 Å². The minimum absolute atomic E-state index is 0. The Morgan fingerprint density at radius 1 is 1.59 bits per heavy atom. The molecule has 0 aliphatic carbocycles. The minimum Gasteiger partial charge on any atom is -1.00 e. The fourth-order valence-corrected chi connectivity index (χ4v) is 4.58. The van der Waals surface area contributed by atoms with Gasteiger partial charge in [-0.1, -0.05) is 16.8 Å². The third-order valence-corrected chi connectivity index (χ3v) is 6.00. The van der Waals surface area contributed by atoms with E-state index in [0.717, 1.165) is 16.2 Å². The maximum Gasteiger partial charge on any atom is 1.00 e. The number of thiazole rings is 1. The second kappa shape index (κ2) is 8.80. The van der Waals surface area contributed by atoms with Gasteiger partial charge in [0.05, 0.1) is 5.03 Å². The summed E-state index contributed by atoms with van der Waals surface area (Å²) in [5.41, 5.74) is 5.37. The summed E-state index contributed by atoms with van der Waals surface area (Å²) in [6.07, 6.45) is 0. The van der Waals surface area contributed by atoms with Crippen molar-refractivity contribution in [1.82, 2.24) is 15.2 Å². The van der Waals surface area contributed by atoms with Crippen LogP contribution in [-0.2, 0) is 19.2 Å². The van der Waals surface area contributed by atoms with Gasteiger partial charge < -0.3 is 22.4 Å². The molecule has 2 aliphatic heterocycles. The number of hydrogen-bond donors (Lipinski definition) is 3. The number of aliphatic carboxylic acids is 1. The normalized spacial score (nSPS) is 21.8. The number of nitrogen functional groups attached to an aromatic ring is 1. The molecule has 3 rings (SSSR count). The van der Waals surface area contributed by atoms with Crippen molar-refractivity contribution in [2.24, 2.45) is 5.16 Å². The second-order valence-corrected chi connectivity index (χ2v) is 7.56. The van der Waals surface area contributed by atoms with Gasteiger partial charge in [0.25, 0.3) is 11.8 Å². The van der Waals surface area contributed by atoms with E-state index in [1.807, 2.05) is 0 Å². The van der Waals surface area contributed by atoms with Crippen LogP contribution in [0.15, 0.2) is 21.3 Å². The quantitative estimate of drug-likeness (QED) is 0.191. The van der Waals surface area contributed by atoms with Crippen LogP contribution in [0.4, 0.5) is 5.13 Å². The molecule has 1 saturated heterocycles. The zero-order valence-electron chi connectivity index (χ0n) is 15.1. The number of aromatic nitrogens is 1. The summed E-state index contributed by atoms with van der Waals surface area (Å²) >= 11 is 8.28. The Morgan fingerprint density at radius 2 is 2.30 bits per heavy atom. The fraction of sp³-hybridized carbons (Fsp3) is 0.308. The van der Waals surface area contributed by atoms with E-state index in [4.69, 9.17) is 17.3 Å². The first-order valence-electron chi connectivity index (χ1n) is 7.05. The summed E-state index contributed by atoms with van der Waals surface area (Å²) in [7, 11) is 1.27. The molecule has 1 aromatic rings. The van der Waals surface area contributed by atoms with Gasteiger partial charge >= 0.3 is 35.5 Å². The monoisotopic (exact) mass is 441 g/mol. The summed E-state index contributed by atoms with van der Waals surface area (Å²) in [5.74, 6) is -2.32. The van der Waals surface area contributed by atoms with Crippen LogP contribution in [0.1, 0.15) is 7.12 Å². The third-order valence-electron chi connectivity index (χ3n) is 3.57. The molecule has 0 saturated carbocycles. The fourth-order valence-electron chi connectivity index (χ4n) is 2.48. The van der Waals surface area contributed by atoms with Gasteiger partial charge in [0.2, 0.25) is 0 Å². The smallest absolute Gasteiger partial charge is 1.00 e. The number of halogens is 1. The molecule has 2 amide bonds. The molecule has 1 aromatic heterocycles. The third kappa shape index (κ3) is 4.10. The number of nitrogens with one attached hydrogen (secondary N) is 1. The largest absolute Gasteiger partial charge is 1.00 e. The van der Waals surface area contributed by atoms with Gasteiger partial charge in [0, 0.05) is 11.1 Å². The number of thioether (sulfide) groups is 1. The molecule has 10 nitrogen and oxygen atoms in total. The van der Waals surface area contributed by atoms with E-state index < -0.39 is 29.2 Å². The predicted octanol–water partition coefficient (Wildman–Crippen LogP) is -2.87. The van der Waals surface area contributed by atoms with Crippen molar-refractivity contribution in [2.75, 3.05) is 18.6 Å². The van der Waals surface area contributed by atoms with Crippen molar-refractivity contribution in [2.45, 2.75) is 11.4 Å². The van der Waals surface area contributed by atoms with Crippen molar-refractivity contribution in [3.63, 3.8) is 0 Å². The Kier molecular flexibility index (Phi) is 7.16. The second-order valence-electron chi connectivity index (χ2n) is 5.11. The minimum atomic E-state index is -1.29. The first-order chi connectivity index (χ1) is 12.3. The van der Waals surface area contributed by atoms with Crippen molar-refractivity contribution in [3.05, 3.63) is 21.8 Å². The topological polar surface area (TPSA) is 147 Å². The van der Waals surface area contributed by atoms with Crippen LogP contribution in [0.2, 0.25) is 0 Å². The zero-order valence-corrected chi connectivity index (χ0v) is 18.5. The number of nitrogens with two attached hydrogens (primary N) is 1. The van der Waals surface area contributed by atoms with Crippen LogP contribution in [0, 0.1) is 0 Å². The number of carbonyl (C=O) groups excluding carboxylic acids is 2. The molecular formula is C13H13ClN5NaO5S2. The molecule has 0 spiro atoms. The van der Waals surface area contributed by atoms with Crippen molar-refractivity contribution in [3.8, 4) is 0 Å². The molecule has 2 aliphatic rings. The van der Waals surface area contributed by atoms with E-state index in [0.29, 0.717) is 0 Å². The first kappa shape index (κ1) is 22.0. The van der Waals surface area contributed by atoms with E-state index in [9.17, 15) is 19.5 Å². The van der Waals surface area contributed by atoms with Crippen molar-refractivity contribution < 1.29 is 55.3 Å². The van der Waals surface area contributed by atoms with Crippen LogP contribution in [-0.4, -0.2) is 62.8 Å². The van der Waals surface area contributed by atoms with Gasteiger partial charge in [-0.3, -0.25) is 14.5 Å². The maximum absolute atomic E-state index is 12.5. The molecule has 3 heterocycles. The van der Waals surface area contributed by atoms with E-state index in [1.165, 1.54) is 24.3 Å². The van der Waals surface area contributed by atoms with Crippen LogP contribution >= 0.6 is 34.7 Å².